The second kappa shape index (κ2) is 7.38. The molecule has 1 unspecified atom stereocenters. The lowest BCUT2D eigenvalue weighted by molar-refractivity contribution is -0.120. The Morgan fingerprint density at radius 1 is 1.09 bits per heavy atom. The van der Waals surface area contributed by atoms with Gasteiger partial charge in [-0.1, -0.05) is 42.5 Å². The van der Waals surface area contributed by atoms with Gasteiger partial charge in [0, 0.05) is 12.7 Å². The minimum Gasteiger partial charge on any atom is -0.380 e. The Labute approximate surface area is 129 Å². The van der Waals surface area contributed by atoms with Crippen LogP contribution in [0.3, 0.4) is 0 Å². The molecule has 3 N–H and O–H groups in total. The van der Waals surface area contributed by atoms with Crippen molar-refractivity contribution in [1.29, 1.82) is 0 Å². The van der Waals surface area contributed by atoms with E-state index in [9.17, 15) is 9.59 Å². The van der Waals surface area contributed by atoms with E-state index in [-0.39, 0.29) is 5.91 Å². The van der Waals surface area contributed by atoms with Crippen LogP contribution in [0.2, 0.25) is 0 Å². The van der Waals surface area contributed by atoms with Crippen LogP contribution in [0.5, 0.6) is 0 Å². The van der Waals surface area contributed by atoms with Crippen LogP contribution in [0, 0.1) is 0 Å². The zero-order chi connectivity index (χ0) is 15.9. The van der Waals surface area contributed by atoms with Gasteiger partial charge >= 0.3 is 0 Å². The highest BCUT2D eigenvalue weighted by molar-refractivity contribution is 5.97. The molecule has 0 bridgehead atoms. The zero-order valence-electron chi connectivity index (χ0n) is 12.3. The number of nitrogens with one attached hydrogen (secondary N) is 1. The third-order valence-electron chi connectivity index (χ3n) is 3.22. The molecule has 1 atom stereocenters. The first kappa shape index (κ1) is 15.7. The molecule has 0 spiro atoms. The van der Waals surface area contributed by atoms with Crippen LogP contribution in [0.1, 0.15) is 27.5 Å². The number of ether oxygens (including phenoxy) is 1. The van der Waals surface area contributed by atoms with Crippen LogP contribution < -0.4 is 11.1 Å². The number of primary amides is 1. The monoisotopic (exact) mass is 298 g/mol. The fourth-order valence-electron chi connectivity index (χ4n) is 2.10. The molecule has 0 aromatic heterocycles. The van der Waals surface area contributed by atoms with E-state index in [2.05, 4.69) is 5.32 Å². The van der Waals surface area contributed by atoms with Crippen molar-refractivity contribution in [3.8, 4) is 0 Å². The van der Waals surface area contributed by atoms with Gasteiger partial charge in [-0.15, -0.1) is 0 Å². The number of hydrogen-bond acceptors (Lipinski definition) is 3. The van der Waals surface area contributed by atoms with Crippen LogP contribution in [0.4, 0.5) is 0 Å². The molecule has 22 heavy (non-hydrogen) atoms. The topological polar surface area (TPSA) is 81.4 Å². The molecule has 0 heterocycles. The fraction of sp³-hybridized carbons (Fsp3) is 0.176. The third kappa shape index (κ3) is 3.93. The van der Waals surface area contributed by atoms with E-state index in [1.54, 1.807) is 55.6 Å². The molecule has 2 aromatic carbocycles. The molecule has 0 radical (unpaired) electrons. The molecule has 0 aliphatic rings. The van der Waals surface area contributed by atoms with Crippen LogP contribution in [-0.2, 0) is 16.1 Å². The van der Waals surface area contributed by atoms with Gasteiger partial charge in [0.15, 0.2) is 0 Å². The summed E-state index contributed by atoms with van der Waals surface area (Å²) in [5.41, 5.74) is 7.47. The predicted molar refractivity (Wildman–Crippen MR) is 83.0 cm³/mol. The molecule has 0 fully saturated rings. The second-order valence-corrected chi connectivity index (χ2v) is 4.85. The average molecular weight is 298 g/mol. The van der Waals surface area contributed by atoms with E-state index in [4.69, 9.17) is 10.5 Å². The Balaban J connectivity index is 2.13. The zero-order valence-corrected chi connectivity index (χ0v) is 12.3. The highest BCUT2D eigenvalue weighted by Gasteiger charge is 2.20. The lowest BCUT2D eigenvalue weighted by Crippen LogP contribution is -2.37. The lowest BCUT2D eigenvalue weighted by Gasteiger charge is -2.16. The Morgan fingerprint density at radius 3 is 2.27 bits per heavy atom. The summed E-state index contributed by atoms with van der Waals surface area (Å²) >= 11 is 0. The highest BCUT2D eigenvalue weighted by atomic mass is 16.5. The van der Waals surface area contributed by atoms with E-state index < -0.39 is 11.9 Å². The van der Waals surface area contributed by atoms with Crippen molar-refractivity contribution in [2.45, 2.75) is 12.6 Å². The fourth-order valence-corrected chi connectivity index (χ4v) is 2.10. The van der Waals surface area contributed by atoms with E-state index in [1.807, 2.05) is 6.07 Å². The summed E-state index contributed by atoms with van der Waals surface area (Å²) in [6.45, 7) is 0.482. The van der Waals surface area contributed by atoms with Gasteiger partial charge in [0.25, 0.3) is 5.91 Å². The minimum absolute atomic E-state index is 0.350. The standard InChI is InChI=1S/C17H18N2O3/c1-22-11-12-7-9-14(10-8-12)17(21)19-15(16(18)20)13-5-3-2-4-6-13/h2-10,15H,11H2,1H3,(H2,18,20)(H,19,21). The lowest BCUT2D eigenvalue weighted by atomic mass is 10.1. The van der Waals surface area contributed by atoms with Gasteiger partial charge < -0.3 is 15.8 Å². The molecule has 5 nitrogen and oxygen atoms in total. The SMILES string of the molecule is COCc1ccc(C(=O)NC(C(N)=O)c2ccccc2)cc1. The van der Waals surface area contributed by atoms with E-state index in [0.717, 1.165) is 5.56 Å². The first-order chi connectivity index (χ1) is 10.6. The van der Waals surface area contributed by atoms with Crippen molar-refractivity contribution < 1.29 is 14.3 Å². The molecule has 2 rings (SSSR count). The summed E-state index contributed by atoms with van der Waals surface area (Å²) in [4.78, 5) is 23.8. The number of amides is 2. The first-order valence-corrected chi connectivity index (χ1v) is 6.85. The van der Waals surface area contributed by atoms with E-state index in [1.165, 1.54) is 0 Å². The van der Waals surface area contributed by atoms with Gasteiger partial charge in [-0.2, -0.15) is 0 Å². The molecular weight excluding hydrogens is 280 g/mol. The van der Waals surface area contributed by atoms with Crippen LogP contribution >= 0.6 is 0 Å². The van der Waals surface area contributed by atoms with Crippen molar-refractivity contribution in [1.82, 2.24) is 5.32 Å². The summed E-state index contributed by atoms with van der Waals surface area (Å²) in [6, 6.07) is 15.0. The summed E-state index contributed by atoms with van der Waals surface area (Å²) < 4.78 is 5.02. The van der Waals surface area contributed by atoms with Gasteiger partial charge in [0.2, 0.25) is 5.91 Å². The van der Waals surface area contributed by atoms with Gasteiger partial charge in [0.1, 0.15) is 6.04 Å². The smallest absolute Gasteiger partial charge is 0.252 e. The van der Waals surface area contributed by atoms with Crippen LogP contribution in [0.15, 0.2) is 54.6 Å². The number of methoxy groups -OCH3 is 1. The Bertz CT molecular complexity index is 639. The second-order valence-electron chi connectivity index (χ2n) is 4.85. The van der Waals surface area contributed by atoms with Crippen molar-refractivity contribution in [3.05, 3.63) is 71.3 Å². The van der Waals surface area contributed by atoms with Crippen molar-refractivity contribution in [2.75, 3.05) is 7.11 Å². The predicted octanol–water partition coefficient (Wildman–Crippen LogP) is 1.79. The van der Waals surface area contributed by atoms with Gasteiger partial charge in [0.05, 0.1) is 6.61 Å². The molecule has 2 amide bonds. The Kier molecular flexibility index (Phi) is 5.27. The Hall–Kier alpha value is -2.66. The maximum atomic E-state index is 12.3. The molecule has 0 saturated carbocycles. The quantitative estimate of drug-likeness (QED) is 0.853. The van der Waals surface area contributed by atoms with Crippen molar-refractivity contribution in [3.63, 3.8) is 0 Å². The molecule has 0 aliphatic heterocycles. The molecule has 2 aromatic rings. The molecule has 0 saturated heterocycles. The van der Waals surface area contributed by atoms with Crippen LogP contribution in [0.25, 0.3) is 0 Å². The molecule has 5 heteroatoms. The minimum atomic E-state index is -0.854. The van der Waals surface area contributed by atoms with E-state index >= 15 is 0 Å². The highest BCUT2D eigenvalue weighted by Crippen LogP contribution is 2.13. The normalized spacial score (nSPS) is 11.7. The summed E-state index contributed by atoms with van der Waals surface area (Å²) in [5.74, 6) is -0.952. The Morgan fingerprint density at radius 2 is 1.73 bits per heavy atom. The summed E-state index contributed by atoms with van der Waals surface area (Å²) in [7, 11) is 1.61. The number of carbonyl (C=O) groups is 2. The van der Waals surface area contributed by atoms with Gasteiger partial charge in [-0.05, 0) is 23.3 Å². The van der Waals surface area contributed by atoms with Crippen LogP contribution in [-0.4, -0.2) is 18.9 Å². The van der Waals surface area contributed by atoms with Crippen molar-refractivity contribution >= 4 is 11.8 Å². The van der Waals surface area contributed by atoms with E-state index in [0.29, 0.717) is 17.7 Å². The van der Waals surface area contributed by atoms with Gasteiger partial charge in [-0.3, -0.25) is 9.59 Å². The molecule has 0 aliphatic carbocycles. The third-order valence-corrected chi connectivity index (χ3v) is 3.22. The van der Waals surface area contributed by atoms with Gasteiger partial charge in [-0.25, -0.2) is 0 Å². The summed E-state index contributed by atoms with van der Waals surface area (Å²) in [6.07, 6.45) is 0. The summed E-state index contributed by atoms with van der Waals surface area (Å²) in [5, 5.41) is 2.66. The number of nitrogens with two attached hydrogens (primary N) is 1. The first-order valence-electron chi connectivity index (χ1n) is 6.85. The van der Waals surface area contributed by atoms with Crippen molar-refractivity contribution in [2.24, 2.45) is 5.73 Å². The largest absolute Gasteiger partial charge is 0.380 e. The number of carbonyl (C=O) groups excluding carboxylic acids is 2. The number of benzene rings is 2. The number of hydrogen-bond donors (Lipinski definition) is 2. The molecular formula is C17H18N2O3. The maximum Gasteiger partial charge on any atom is 0.252 e. The molecule has 114 valence electrons. The maximum absolute atomic E-state index is 12.3. The average Bonchev–Trinajstić information content (AvgIpc) is 2.54. The number of rotatable bonds is 6.